The number of carboxylic acids is 1. The summed E-state index contributed by atoms with van der Waals surface area (Å²) >= 11 is 2.94. The first-order chi connectivity index (χ1) is 13.5. The molecule has 0 bridgehead atoms. The SMILES string of the molecule is Cc1sc2nc(SCc3ccc(C(=O)O)cc3)[nH]c(=O)c2c1-c1ccccc1. The summed E-state index contributed by atoms with van der Waals surface area (Å²) in [5.74, 6) is -0.359. The Balaban J connectivity index is 1.63. The molecule has 0 spiro atoms. The number of hydrogen-bond donors (Lipinski definition) is 2. The number of hydrogen-bond acceptors (Lipinski definition) is 5. The molecule has 0 amide bonds. The molecule has 0 unspecified atom stereocenters. The van der Waals surface area contributed by atoms with Gasteiger partial charge in [0.2, 0.25) is 0 Å². The molecule has 4 rings (SSSR count). The number of aromatic carboxylic acids is 1. The lowest BCUT2D eigenvalue weighted by Gasteiger charge is -2.04. The topological polar surface area (TPSA) is 83.0 Å². The molecule has 0 aliphatic rings. The Morgan fingerprint density at radius 3 is 2.54 bits per heavy atom. The molecule has 140 valence electrons. The van der Waals surface area contributed by atoms with E-state index in [1.165, 1.54) is 23.1 Å². The van der Waals surface area contributed by atoms with Gasteiger partial charge in [-0.15, -0.1) is 11.3 Å². The molecule has 2 N–H and O–H groups in total. The fraction of sp³-hybridized carbons (Fsp3) is 0.0952. The van der Waals surface area contributed by atoms with Gasteiger partial charge in [0.15, 0.2) is 5.16 Å². The van der Waals surface area contributed by atoms with Crippen LogP contribution in [0.3, 0.4) is 0 Å². The highest BCUT2D eigenvalue weighted by Crippen LogP contribution is 2.36. The summed E-state index contributed by atoms with van der Waals surface area (Å²) < 4.78 is 0. The number of nitrogens with one attached hydrogen (secondary N) is 1. The number of carbonyl (C=O) groups is 1. The van der Waals surface area contributed by atoms with Crippen LogP contribution in [0.4, 0.5) is 0 Å². The van der Waals surface area contributed by atoms with Crippen LogP contribution in [0.2, 0.25) is 0 Å². The summed E-state index contributed by atoms with van der Waals surface area (Å²) in [5.41, 5.74) is 3.03. The zero-order valence-electron chi connectivity index (χ0n) is 14.9. The van der Waals surface area contributed by atoms with Crippen LogP contribution in [0, 0.1) is 6.92 Å². The van der Waals surface area contributed by atoms with Gasteiger partial charge in [-0.25, -0.2) is 9.78 Å². The fourth-order valence-electron chi connectivity index (χ4n) is 3.02. The van der Waals surface area contributed by atoms with Crippen LogP contribution in [-0.4, -0.2) is 21.0 Å². The number of benzene rings is 2. The Morgan fingerprint density at radius 1 is 1.14 bits per heavy atom. The van der Waals surface area contributed by atoms with Crippen molar-refractivity contribution in [2.45, 2.75) is 17.8 Å². The molecular weight excluding hydrogens is 392 g/mol. The van der Waals surface area contributed by atoms with Gasteiger partial charge in [0.25, 0.3) is 5.56 Å². The van der Waals surface area contributed by atoms with Gasteiger partial charge in [-0.1, -0.05) is 54.2 Å². The number of aromatic nitrogens is 2. The van der Waals surface area contributed by atoms with Crippen molar-refractivity contribution >= 4 is 39.3 Å². The molecule has 0 aliphatic heterocycles. The second-order valence-electron chi connectivity index (χ2n) is 6.24. The minimum atomic E-state index is -0.946. The van der Waals surface area contributed by atoms with Crippen molar-refractivity contribution in [2.24, 2.45) is 0 Å². The number of thioether (sulfide) groups is 1. The second kappa shape index (κ2) is 7.61. The van der Waals surface area contributed by atoms with Crippen molar-refractivity contribution in [1.82, 2.24) is 9.97 Å². The van der Waals surface area contributed by atoms with Crippen molar-refractivity contribution in [2.75, 3.05) is 0 Å². The average Bonchev–Trinajstić information content (AvgIpc) is 3.03. The Kier molecular flexibility index (Phi) is 5.02. The maximum atomic E-state index is 12.8. The van der Waals surface area contributed by atoms with Crippen LogP contribution >= 0.6 is 23.1 Å². The minimum absolute atomic E-state index is 0.142. The molecule has 0 saturated carbocycles. The van der Waals surface area contributed by atoms with Crippen molar-refractivity contribution in [3.63, 3.8) is 0 Å². The van der Waals surface area contributed by atoms with E-state index in [0.717, 1.165) is 26.4 Å². The molecular formula is C21H16N2O3S2. The quantitative estimate of drug-likeness (QED) is 0.361. The van der Waals surface area contributed by atoms with E-state index in [9.17, 15) is 9.59 Å². The summed E-state index contributed by atoms with van der Waals surface area (Å²) in [6.07, 6.45) is 0. The molecule has 28 heavy (non-hydrogen) atoms. The van der Waals surface area contributed by atoms with Gasteiger partial charge in [0.1, 0.15) is 4.83 Å². The Morgan fingerprint density at radius 2 is 1.86 bits per heavy atom. The van der Waals surface area contributed by atoms with Gasteiger partial charge in [-0.05, 0) is 30.2 Å². The standard InChI is InChI=1S/C21H16N2O3S2/c1-12-16(14-5-3-2-4-6-14)17-18(24)22-21(23-19(17)28-12)27-11-13-7-9-15(10-8-13)20(25)26/h2-10H,11H2,1H3,(H,25,26)(H,22,23,24). The third-order valence-corrected chi connectivity index (χ3v) is 6.30. The van der Waals surface area contributed by atoms with Gasteiger partial charge < -0.3 is 10.1 Å². The lowest BCUT2D eigenvalue weighted by atomic mass is 10.0. The summed E-state index contributed by atoms with van der Waals surface area (Å²) in [4.78, 5) is 33.0. The zero-order valence-corrected chi connectivity index (χ0v) is 16.6. The normalized spacial score (nSPS) is 11.0. The molecule has 4 aromatic rings. The molecule has 2 aromatic heterocycles. The maximum Gasteiger partial charge on any atom is 0.335 e. The number of nitrogens with zero attached hydrogens (tertiary/aromatic N) is 1. The van der Waals surface area contributed by atoms with Crippen molar-refractivity contribution in [1.29, 1.82) is 0 Å². The van der Waals surface area contributed by atoms with E-state index in [1.54, 1.807) is 24.3 Å². The van der Waals surface area contributed by atoms with E-state index in [2.05, 4.69) is 9.97 Å². The first-order valence-electron chi connectivity index (χ1n) is 8.57. The van der Waals surface area contributed by atoms with Crippen LogP contribution in [0.15, 0.2) is 64.5 Å². The predicted octanol–water partition coefficient (Wildman–Crippen LogP) is 4.95. The van der Waals surface area contributed by atoms with Crippen molar-refractivity contribution < 1.29 is 9.90 Å². The molecule has 0 radical (unpaired) electrons. The number of aromatic amines is 1. The Hall–Kier alpha value is -2.90. The monoisotopic (exact) mass is 408 g/mol. The number of carboxylic acid groups (broad SMARTS) is 1. The number of aryl methyl sites for hydroxylation is 1. The van der Waals surface area contributed by atoms with Gasteiger partial charge in [0.05, 0.1) is 10.9 Å². The van der Waals surface area contributed by atoms with E-state index in [4.69, 9.17) is 5.11 Å². The van der Waals surface area contributed by atoms with E-state index < -0.39 is 5.97 Å². The Labute approximate surface area is 169 Å². The number of fused-ring (bicyclic) bond motifs is 1. The minimum Gasteiger partial charge on any atom is -0.478 e. The first kappa shape index (κ1) is 18.5. The maximum absolute atomic E-state index is 12.8. The van der Waals surface area contributed by atoms with E-state index in [0.29, 0.717) is 16.3 Å². The van der Waals surface area contributed by atoms with Gasteiger partial charge in [0, 0.05) is 16.2 Å². The van der Waals surface area contributed by atoms with Crippen LogP contribution in [0.25, 0.3) is 21.3 Å². The van der Waals surface area contributed by atoms with Crippen molar-refractivity contribution in [3.8, 4) is 11.1 Å². The van der Waals surface area contributed by atoms with Gasteiger partial charge >= 0.3 is 5.97 Å². The number of rotatable bonds is 5. The predicted molar refractivity (Wildman–Crippen MR) is 113 cm³/mol. The van der Waals surface area contributed by atoms with Crippen LogP contribution < -0.4 is 5.56 Å². The molecule has 7 heteroatoms. The van der Waals surface area contributed by atoms with E-state index >= 15 is 0 Å². The van der Waals surface area contributed by atoms with E-state index in [-0.39, 0.29) is 11.1 Å². The molecule has 0 fully saturated rings. The molecule has 2 heterocycles. The van der Waals surface area contributed by atoms with Gasteiger partial charge in [-0.3, -0.25) is 4.79 Å². The average molecular weight is 409 g/mol. The second-order valence-corrected chi connectivity index (χ2v) is 8.41. The van der Waals surface area contributed by atoms with Crippen LogP contribution in [-0.2, 0) is 5.75 Å². The highest BCUT2D eigenvalue weighted by molar-refractivity contribution is 7.98. The fourth-order valence-corrected chi connectivity index (χ4v) is 4.94. The van der Waals surface area contributed by atoms with Crippen LogP contribution in [0.5, 0.6) is 0 Å². The third kappa shape index (κ3) is 3.58. The number of thiophene rings is 1. The molecule has 0 saturated heterocycles. The molecule has 5 nitrogen and oxygen atoms in total. The summed E-state index contributed by atoms with van der Waals surface area (Å²) in [6.45, 7) is 2.00. The summed E-state index contributed by atoms with van der Waals surface area (Å²) in [5, 5.41) is 10.2. The smallest absolute Gasteiger partial charge is 0.335 e. The lowest BCUT2D eigenvalue weighted by molar-refractivity contribution is 0.0697. The Bertz CT molecular complexity index is 1210. The summed E-state index contributed by atoms with van der Waals surface area (Å²) in [7, 11) is 0. The largest absolute Gasteiger partial charge is 0.478 e. The molecule has 0 aliphatic carbocycles. The molecule has 2 aromatic carbocycles. The van der Waals surface area contributed by atoms with Gasteiger partial charge in [-0.2, -0.15) is 0 Å². The number of H-pyrrole nitrogens is 1. The van der Waals surface area contributed by atoms with Crippen LogP contribution in [0.1, 0.15) is 20.8 Å². The third-order valence-electron chi connectivity index (χ3n) is 4.36. The zero-order chi connectivity index (χ0) is 19.7. The summed E-state index contributed by atoms with van der Waals surface area (Å²) in [6, 6.07) is 16.6. The van der Waals surface area contributed by atoms with E-state index in [1.807, 2.05) is 37.3 Å². The lowest BCUT2D eigenvalue weighted by Crippen LogP contribution is -2.08. The van der Waals surface area contributed by atoms with Crippen molar-refractivity contribution in [3.05, 3.63) is 81.0 Å². The highest BCUT2D eigenvalue weighted by atomic mass is 32.2. The first-order valence-corrected chi connectivity index (χ1v) is 10.4. The highest BCUT2D eigenvalue weighted by Gasteiger charge is 2.16. The molecule has 0 atom stereocenters.